The van der Waals surface area contributed by atoms with Crippen molar-refractivity contribution in [1.82, 2.24) is 10.2 Å². The van der Waals surface area contributed by atoms with Crippen LogP contribution in [-0.4, -0.2) is 49.4 Å². The van der Waals surface area contributed by atoms with Gasteiger partial charge in [-0.1, -0.05) is 18.2 Å². The van der Waals surface area contributed by atoms with Gasteiger partial charge < -0.3 is 20.3 Å². The van der Waals surface area contributed by atoms with E-state index in [0.717, 1.165) is 0 Å². The van der Waals surface area contributed by atoms with E-state index in [4.69, 9.17) is 0 Å². The van der Waals surface area contributed by atoms with Crippen LogP contribution < -0.4 is 15.4 Å². The summed E-state index contributed by atoms with van der Waals surface area (Å²) in [6.07, 6.45) is 1.18. The third-order valence-electron chi connectivity index (χ3n) is 5.48. The Bertz CT molecular complexity index is 1010. The van der Waals surface area contributed by atoms with E-state index >= 15 is 0 Å². The van der Waals surface area contributed by atoms with Crippen LogP contribution in [0, 0.1) is 12.8 Å². The molecular formula is C23H25F2N3O4. The van der Waals surface area contributed by atoms with Crippen LogP contribution >= 0.6 is 0 Å². The minimum atomic E-state index is -3.04. The van der Waals surface area contributed by atoms with Gasteiger partial charge in [-0.25, -0.2) is 0 Å². The second kappa shape index (κ2) is 10.2. The highest BCUT2D eigenvalue weighted by Gasteiger charge is 2.30. The van der Waals surface area contributed by atoms with Crippen molar-refractivity contribution in [3.63, 3.8) is 0 Å². The van der Waals surface area contributed by atoms with Crippen LogP contribution in [0.5, 0.6) is 5.75 Å². The zero-order valence-corrected chi connectivity index (χ0v) is 17.9. The average molecular weight is 445 g/mol. The molecular weight excluding hydrogens is 420 g/mol. The van der Waals surface area contributed by atoms with Crippen molar-refractivity contribution in [3.05, 3.63) is 59.2 Å². The standard InChI is InChI=1S/C23H25F2N3O4/c1-14-16(21(30)26-2)9-5-10-18(14)27-20(29)15-7-6-12-28(13-15)22(31)17-8-3-4-11-19(17)32-23(24)25/h3-5,8-11,15,23H,6-7,12-13H2,1-2H3,(H,26,30)(H,27,29). The monoisotopic (exact) mass is 445 g/mol. The number of para-hydroxylation sites is 1. The van der Waals surface area contributed by atoms with Gasteiger partial charge in [0.1, 0.15) is 5.75 Å². The molecule has 0 bridgehead atoms. The van der Waals surface area contributed by atoms with E-state index in [1.807, 2.05) is 0 Å². The molecule has 2 aromatic carbocycles. The number of carbonyl (C=O) groups excluding carboxylic acids is 3. The number of halogens is 2. The van der Waals surface area contributed by atoms with Gasteiger partial charge in [0.2, 0.25) is 5.91 Å². The lowest BCUT2D eigenvalue weighted by Crippen LogP contribution is -2.44. The molecule has 0 spiro atoms. The second-order valence-electron chi connectivity index (χ2n) is 7.51. The van der Waals surface area contributed by atoms with Gasteiger partial charge in [0.15, 0.2) is 0 Å². The fraction of sp³-hybridized carbons (Fsp3) is 0.348. The first-order valence-corrected chi connectivity index (χ1v) is 10.3. The maximum absolute atomic E-state index is 13.0. The lowest BCUT2D eigenvalue weighted by atomic mass is 9.96. The van der Waals surface area contributed by atoms with Crippen molar-refractivity contribution in [1.29, 1.82) is 0 Å². The Morgan fingerprint density at radius 3 is 2.53 bits per heavy atom. The van der Waals surface area contributed by atoms with E-state index in [0.29, 0.717) is 36.2 Å². The first kappa shape index (κ1) is 23.2. The molecule has 1 saturated heterocycles. The Kier molecular flexibility index (Phi) is 7.40. The number of anilines is 1. The Hall–Kier alpha value is -3.49. The molecule has 0 radical (unpaired) electrons. The van der Waals surface area contributed by atoms with Crippen molar-refractivity contribution in [2.45, 2.75) is 26.4 Å². The summed E-state index contributed by atoms with van der Waals surface area (Å²) in [6.45, 7) is -0.729. The number of hydrogen-bond donors (Lipinski definition) is 2. The molecule has 3 rings (SSSR count). The Balaban J connectivity index is 1.72. The van der Waals surface area contributed by atoms with Gasteiger partial charge in [0.25, 0.3) is 11.8 Å². The molecule has 0 aliphatic carbocycles. The largest absolute Gasteiger partial charge is 0.434 e. The molecule has 9 heteroatoms. The normalized spacial score (nSPS) is 15.9. The molecule has 1 unspecified atom stereocenters. The lowest BCUT2D eigenvalue weighted by Gasteiger charge is -2.32. The summed E-state index contributed by atoms with van der Waals surface area (Å²) >= 11 is 0. The van der Waals surface area contributed by atoms with E-state index in [2.05, 4.69) is 15.4 Å². The number of nitrogens with one attached hydrogen (secondary N) is 2. The molecule has 32 heavy (non-hydrogen) atoms. The van der Waals surface area contributed by atoms with Crippen molar-refractivity contribution in [2.24, 2.45) is 5.92 Å². The van der Waals surface area contributed by atoms with Gasteiger partial charge in [-0.2, -0.15) is 8.78 Å². The SMILES string of the molecule is CNC(=O)c1cccc(NC(=O)C2CCCN(C(=O)c3ccccc3OC(F)F)C2)c1C. The number of amides is 3. The van der Waals surface area contributed by atoms with E-state index in [-0.39, 0.29) is 29.7 Å². The molecule has 170 valence electrons. The Labute approximate surface area is 184 Å². The topological polar surface area (TPSA) is 87.7 Å². The Morgan fingerprint density at radius 1 is 1.09 bits per heavy atom. The molecule has 1 heterocycles. The predicted octanol–water partition coefficient (Wildman–Crippen LogP) is 3.45. The lowest BCUT2D eigenvalue weighted by molar-refractivity contribution is -0.121. The summed E-state index contributed by atoms with van der Waals surface area (Å²) in [5.41, 5.74) is 1.65. The van der Waals surface area contributed by atoms with Crippen molar-refractivity contribution < 1.29 is 27.9 Å². The van der Waals surface area contributed by atoms with Gasteiger partial charge in [-0.15, -0.1) is 0 Å². The number of alkyl halides is 2. The number of piperidine rings is 1. The maximum Gasteiger partial charge on any atom is 0.387 e. The molecule has 0 aromatic heterocycles. The van der Waals surface area contributed by atoms with Crippen LogP contribution in [0.25, 0.3) is 0 Å². The van der Waals surface area contributed by atoms with E-state index in [1.54, 1.807) is 31.2 Å². The van der Waals surface area contributed by atoms with Crippen molar-refractivity contribution >= 4 is 23.4 Å². The quantitative estimate of drug-likeness (QED) is 0.713. The Morgan fingerprint density at radius 2 is 1.81 bits per heavy atom. The second-order valence-corrected chi connectivity index (χ2v) is 7.51. The third-order valence-corrected chi connectivity index (χ3v) is 5.48. The molecule has 0 saturated carbocycles. The molecule has 2 aromatic rings. The molecule has 1 fully saturated rings. The average Bonchev–Trinajstić information content (AvgIpc) is 2.79. The molecule has 1 aliphatic rings. The van der Waals surface area contributed by atoms with Crippen LogP contribution in [0.1, 0.15) is 39.1 Å². The summed E-state index contributed by atoms with van der Waals surface area (Å²) in [5, 5.41) is 5.42. The highest BCUT2D eigenvalue weighted by atomic mass is 19.3. The van der Waals surface area contributed by atoms with Crippen LogP contribution in [0.3, 0.4) is 0 Å². The molecule has 1 aliphatic heterocycles. The number of ether oxygens (including phenoxy) is 1. The van der Waals surface area contributed by atoms with E-state index in [9.17, 15) is 23.2 Å². The highest BCUT2D eigenvalue weighted by molar-refractivity contribution is 6.00. The first-order valence-electron chi connectivity index (χ1n) is 10.3. The van der Waals surface area contributed by atoms with Gasteiger partial charge in [-0.05, 0) is 49.6 Å². The van der Waals surface area contributed by atoms with Crippen molar-refractivity contribution in [3.8, 4) is 5.75 Å². The van der Waals surface area contributed by atoms with Crippen LogP contribution in [0.15, 0.2) is 42.5 Å². The van der Waals surface area contributed by atoms with E-state index < -0.39 is 18.4 Å². The van der Waals surface area contributed by atoms with Crippen LogP contribution in [0.2, 0.25) is 0 Å². The highest BCUT2D eigenvalue weighted by Crippen LogP contribution is 2.26. The summed E-state index contributed by atoms with van der Waals surface area (Å²) < 4.78 is 29.8. The number of nitrogens with zero attached hydrogens (tertiary/aromatic N) is 1. The maximum atomic E-state index is 13.0. The molecule has 1 atom stereocenters. The van der Waals surface area contributed by atoms with Crippen LogP contribution in [-0.2, 0) is 4.79 Å². The fourth-order valence-corrected chi connectivity index (χ4v) is 3.77. The van der Waals surface area contributed by atoms with Gasteiger partial charge >= 0.3 is 6.61 Å². The zero-order chi connectivity index (χ0) is 23.3. The molecule has 3 amide bonds. The zero-order valence-electron chi connectivity index (χ0n) is 17.9. The van der Waals surface area contributed by atoms with Crippen LogP contribution in [0.4, 0.5) is 14.5 Å². The minimum Gasteiger partial charge on any atom is -0.434 e. The van der Waals surface area contributed by atoms with Crippen molar-refractivity contribution in [2.75, 3.05) is 25.5 Å². The van der Waals surface area contributed by atoms with Gasteiger partial charge in [0.05, 0.1) is 11.5 Å². The number of carbonyl (C=O) groups is 3. The summed E-state index contributed by atoms with van der Waals surface area (Å²) in [4.78, 5) is 39.4. The summed E-state index contributed by atoms with van der Waals surface area (Å²) in [5.74, 6) is -1.65. The summed E-state index contributed by atoms with van der Waals surface area (Å²) in [7, 11) is 1.53. The molecule has 2 N–H and O–H groups in total. The number of benzene rings is 2. The number of likely N-dealkylation sites (tertiary alicyclic amines) is 1. The third kappa shape index (κ3) is 5.22. The fourth-order valence-electron chi connectivity index (χ4n) is 3.77. The number of hydrogen-bond acceptors (Lipinski definition) is 4. The smallest absolute Gasteiger partial charge is 0.387 e. The van der Waals surface area contributed by atoms with Gasteiger partial charge in [0, 0.05) is 31.4 Å². The first-order chi connectivity index (χ1) is 15.3. The molecule has 7 nitrogen and oxygen atoms in total. The van der Waals surface area contributed by atoms with E-state index in [1.165, 1.54) is 30.1 Å². The van der Waals surface area contributed by atoms with Gasteiger partial charge in [-0.3, -0.25) is 14.4 Å². The number of rotatable bonds is 6. The minimum absolute atomic E-state index is 0.0305. The predicted molar refractivity (Wildman–Crippen MR) is 115 cm³/mol. The summed E-state index contributed by atoms with van der Waals surface area (Å²) in [6, 6.07) is 10.9.